The number of amides is 1. The summed E-state index contributed by atoms with van der Waals surface area (Å²) in [4.78, 5) is 16.7. The number of anilines is 1. The van der Waals surface area contributed by atoms with Crippen LogP contribution in [0.2, 0.25) is 5.02 Å². The number of halogens is 2. The molecule has 0 radical (unpaired) electrons. The van der Waals surface area contributed by atoms with E-state index in [1.807, 2.05) is 12.1 Å². The molecule has 0 aliphatic heterocycles. The second kappa shape index (κ2) is 9.73. The maximum Gasteiger partial charge on any atom is 0.237 e. The van der Waals surface area contributed by atoms with Gasteiger partial charge in [0.05, 0.1) is 6.04 Å². The van der Waals surface area contributed by atoms with Crippen LogP contribution in [0.3, 0.4) is 0 Å². The summed E-state index contributed by atoms with van der Waals surface area (Å²) in [6, 6.07) is 7.50. The van der Waals surface area contributed by atoms with Gasteiger partial charge in [0.1, 0.15) is 12.0 Å². The summed E-state index contributed by atoms with van der Waals surface area (Å²) < 4.78 is 13.4. The standard InChI is InChI=1S/C24H30ClFN4O2/c25-20-13-17(26)5-6-19(20)24(9-10-24)14-29-23(32)21(27)15-1-3-16(4-2-15)22(31)30-18-7-11-28-12-8-18/h5-8,11-13,15-16,21-22,31H,1-4,9-10,14,27H2,(H,28,30)(H,29,32). The van der Waals surface area contributed by atoms with Gasteiger partial charge >= 0.3 is 0 Å². The summed E-state index contributed by atoms with van der Waals surface area (Å²) in [7, 11) is 0. The first-order valence-corrected chi connectivity index (χ1v) is 11.6. The minimum atomic E-state index is -0.640. The Balaban J connectivity index is 1.25. The van der Waals surface area contributed by atoms with Gasteiger partial charge in [0.2, 0.25) is 5.91 Å². The van der Waals surface area contributed by atoms with Gasteiger partial charge in [-0.25, -0.2) is 4.39 Å². The molecule has 2 aliphatic carbocycles. The molecular formula is C24H30ClFN4O2. The number of carbonyl (C=O) groups is 1. The van der Waals surface area contributed by atoms with Gasteiger partial charge in [-0.3, -0.25) is 9.78 Å². The summed E-state index contributed by atoms with van der Waals surface area (Å²) in [5.74, 6) is -0.320. The number of rotatable bonds is 8. The lowest BCUT2D eigenvalue weighted by Crippen LogP contribution is -2.48. The van der Waals surface area contributed by atoms with Crippen molar-refractivity contribution in [1.29, 1.82) is 0 Å². The molecule has 2 saturated carbocycles. The van der Waals surface area contributed by atoms with Crippen molar-refractivity contribution in [2.45, 2.75) is 56.2 Å². The number of nitrogens with two attached hydrogens (primary N) is 1. The quantitative estimate of drug-likeness (QED) is 0.451. The molecule has 1 aromatic heterocycles. The lowest BCUT2D eigenvalue weighted by atomic mass is 9.77. The van der Waals surface area contributed by atoms with Crippen molar-refractivity contribution in [2.75, 3.05) is 11.9 Å². The summed E-state index contributed by atoms with van der Waals surface area (Å²) in [6.07, 6.45) is 7.73. The van der Waals surface area contributed by atoms with E-state index in [2.05, 4.69) is 15.6 Å². The molecule has 0 spiro atoms. The number of aromatic nitrogens is 1. The number of pyridine rings is 1. The molecule has 172 valence electrons. The number of nitrogens with one attached hydrogen (secondary N) is 2. The number of carbonyl (C=O) groups excluding carboxylic acids is 1. The number of aliphatic hydroxyl groups is 1. The van der Waals surface area contributed by atoms with Crippen LogP contribution in [0.15, 0.2) is 42.7 Å². The van der Waals surface area contributed by atoms with E-state index in [0.717, 1.165) is 49.8 Å². The zero-order valence-electron chi connectivity index (χ0n) is 17.9. The van der Waals surface area contributed by atoms with Gasteiger partial charge < -0.3 is 21.5 Å². The van der Waals surface area contributed by atoms with Crippen molar-refractivity contribution in [3.8, 4) is 0 Å². The van der Waals surface area contributed by atoms with E-state index in [0.29, 0.717) is 11.6 Å². The highest BCUT2D eigenvalue weighted by molar-refractivity contribution is 6.31. The summed E-state index contributed by atoms with van der Waals surface area (Å²) in [5, 5.41) is 17.0. The van der Waals surface area contributed by atoms with Gasteiger partial charge in [-0.15, -0.1) is 0 Å². The number of hydrogen-bond acceptors (Lipinski definition) is 5. The van der Waals surface area contributed by atoms with E-state index in [1.165, 1.54) is 12.1 Å². The molecule has 1 amide bonds. The van der Waals surface area contributed by atoms with E-state index in [-0.39, 0.29) is 29.0 Å². The summed E-state index contributed by atoms with van der Waals surface area (Å²) in [6.45, 7) is 0.453. The third-order valence-electron chi connectivity index (χ3n) is 7.03. The highest BCUT2D eigenvalue weighted by Crippen LogP contribution is 2.50. The fourth-order valence-corrected chi connectivity index (χ4v) is 5.12. The molecule has 2 unspecified atom stereocenters. The minimum absolute atomic E-state index is 0.0870. The van der Waals surface area contributed by atoms with Crippen molar-refractivity contribution in [1.82, 2.24) is 10.3 Å². The normalized spacial score (nSPS) is 23.8. The fourth-order valence-electron chi connectivity index (χ4n) is 4.76. The molecule has 5 N–H and O–H groups in total. The number of nitrogens with zero attached hydrogens (tertiary/aromatic N) is 1. The van der Waals surface area contributed by atoms with E-state index < -0.39 is 12.3 Å². The third kappa shape index (κ3) is 5.22. The third-order valence-corrected chi connectivity index (χ3v) is 7.34. The van der Waals surface area contributed by atoms with Gasteiger partial charge in [-0.2, -0.15) is 0 Å². The molecule has 4 rings (SSSR count). The van der Waals surface area contributed by atoms with Crippen LogP contribution in [0.4, 0.5) is 10.1 Å². The SMILES string of the molecule is NC(C(=O)NCC1(c2ccc(F)cc2Cl)CC1)C1CCC(C(O)Nc2ccncc2)CC1. The van der Waals surface area contributed by atoms with Crippen LogP contribution in [-0.4, -0.2) is 34.8 Å². The maximum atomic E-state index is 13.4. The molecule has 2 atom stereocenters. The lowest BCUT2D eigenvalue weighted by Gasteiger charge is -2.34. The second-order valence-electron chi connectivity index (χ2n) is 9.15. The van der Waals surface area contributed by atoms with Crippen LogP contribution >= 0.6 is 11.6 Å². The smallest absolute Gasteiger partial charge is 0.237 e. The average Bonchev–Trinajstić information content (AvgIpc) is 3.58. The topological polar surface area (TPSA) is 100 Å². The van der Waals surface area contributed by atoms with Crippen LogP contribution < -0.4 is 16.4 Å². The maximum absolute atomic E-state index is 13.4. The molecule has 8 heteroatoms. The van der Waals surface area contributed by atoms with Crippen molar-refractivity contribution in [2.24, 2.45) is 17.6 Å². The Hall–Kier alpha value is -2.22. The van der Waals surface area contributed by atoms with Crippen molar-refractivity contribution in [3.63, 3.8) is 0 Å². The highest BCUT2D eigenvalue weighted by atomic mass is 35.5. The average molecular weight is 461 g/mol. The predicted molar refractivity (Wildman–Crippen MR) is 123 cm³/mol. The Kier molecular flexibility index (Phi) is 6.98. The Morgan fingerprint density at radius 2 is 1.84 bits per heavy atom. The van der Waals surface area contributed by atoms with E-state index in [1.54, 1.807) is 18.5 Å². The number of hydrogen-bond donors (Lipinski definition) is 4. The minimum Gasteiger partial charge on any atom is -0.374 e. The van der Waals surface area contributed by atoms with Crippen LogP contribution in [0, 0.1) is 17.7 Å². The molecule has 1 heterocycles. The van der Waals surface area contributed by atoms with Crippen molar-refractivity contribution >= 4 is 23.2 Å². The van der Waals surface area contributed by atoms with Crippen LogP contribution in [-0.2, 0) is 10.2 Å². The zero-order chi connectivity index (χ0) is 22.7. The van der Waals surface area contributed by atoms with Gasteiger partial charge in [0, 0.05) is 41.0 Å². The van der Waals surface area contributed by atoms with Crippen LogP contribution in [0.5, 0.6) is 0 Å². The Bertz CT molecular complexity index is 933. The number of benzene rings is 1. The molecule has 6 nitrogen and oxygen atoms in total. The van der Waals surface area contributed by atoms with Crippen LogP contribution in [0.1, 0.15) is 44.1 Å². The molecule has 2 aromatic rings. The molecule has 2 fully saturated rings. The molecule has 0 bridgehead atoms. The Morgan fingerprint density at radius 3 is 2.47 bits per heavy atom. The fraction of sp³-hybridized carbons (Fsp3) is 0.500. The number of aliphatic hydroxyl groups excluding tert-OH is 1. The van der Waals surface area contributed by atoms with E-state index >= 15 is 0 Å². The monoisotopic (exact) mass is 460 g/mol. The van der Waals surface area contributed by atoms with Gasteiger partial charge in [-0.1, -0.05) is 17.7 Å². The Morgan fingerprint density at radius 1 is 1.19 bits per heavy atom. The summed E-state index contributed by atoms with van der Waals surface area (Å²) in [5.41, 5.74) is 7.80. The predicted octanol–water partition coefficient (Wildman–Crippen LogP) is 3.59. The molecule has 2 aliphatic rings. The Labute approximate surface area is 192 Å². The highest BCUT2D eigenvalue weighted by Gasteiger charge is 2.46. The molecule has 0 saturated heterocycles. The molecule has 32 heavy (non-hydrogen) atoms. The second-order valence-corrected chi connectivity index (χ2v) is 9.56. The largest absolute Gasteiger partial charge is 0.374 e. The first-order chi connectivity index (χ1) is 15.4. The van der Waals surface area contributed by atoms with Crippen molar-refractivity contribution < 1.29 is 14.3 Å². The zero-order valence-corrected chi connectivity index (χ0v) is 18.7. The lowest BCUT2D eigenvalue weighted by molar-refractivity contribution is -0.124. The summed E-state index contributed by atoms with van der Waals surface area (Å²) >= 11 is 6.24. The van der Waals surface area contributed by atoms with E-state index in [9.17, 15) is 14.3 Å². The van der Waals surface area contributed by atoms with Gasteiger partial charge in [0.15, 0.2) is 0 Å². The molecule has 1 aromatic carbocycles. The molecular weight excluding hydrogens is 431 g/mol. The van der Waals surface area contributed by atoms with Gasteiger partial charge in [0.25, 0.3) is 0 Å². The van der Waals surface area contributed by atoms with Gasteiger partial charge in [-0.05, 0) is 74.3 Å². The van der Waals surface area contributed by atoms with Crippen LogP contribution in [0.25, 0.3) is 0 Å². The van der Waals surface area contributed by atoms with Crippen molar-refractivity contribution in [3.05, 3.63) is 59.1 Å². The van der Waals surface area contributed by atoms with E-state index in [4.69, 9.17) is 17.3 Å². The first kappa shape index (κ1) is 23.0. The first-order valence-electron chi connectivity index (χ1n) is 11.2.